The van der Waals surface area contributed by atoms with Crippen molar-refractivity contribution in [2.75, 3.05) is 20.6 Å². The zero-order valence-corrected chi connectivity index (χ0v) is 15.9. The number of pyridine rings is 1. The molecular weight excluding hydrogens is 345 g/mol. The smallest absolute Gasteiger partial charge is 0.254 e. The van der Waals surface area contributed by atoms with Gasteiger partial charge in [0.05, 0.1) is 11.1 Å². The lowest BCUT2D eigenvalue weighted by atomic mass is 9.88. The molecule has 142 valence electrons. The number of carbonyl (C=O) groups is 2. The predicted octanol–water partition coefficient (Wildman–Crippen LogP) is 3.01. The number of rotatable bonds is 2. The standard InChI is InChI=1S/C21H24FN3O2/c1-12-6-18(17-10-15(22)4-5-19(17)23-12)21(27)25(3)16-7-13-9-20(26)24(2)11-14(13)8-16/h4-6,10,13-14,16H,7-9,11H2,1-3H3/t13-,14+,16-/m0/s1. The molecule has 6 heteroatoms. The lowest BCUT2D eigenvalue weighted by molar-refractivity contribution is -0.134. The minimum Gasteiger partial charge on any atom is -0.345 e. The summed E-state index contributed by atoms with van der Waals surface area (Å²) < 4.78 is 13.8. The monoisotopic (exact) mass is 369 g/mol. The fraction of sp³-hybridized carbons (Fsp3) is 0.476. The summed E-state index contributed by atoms with van der Waals surface area (Å²) in [5.41, 5.74) is 1.85. The highest BCUT2D eigenvalue weighted by atomic mass is 19.1. The molecule has 0 bridgehead atoms. The summed E-state index contributed by atoms with van der Waals surface area (Å²) in [5, 5.41) is 0.544. The molecule has 1 saturated carbocycles. The summed E-state index contributed by atoms with van der Waals surface area (Å²) in [5.74, 6) is 0.499. The molecule has 1 aliphatic heterocycles. The van der Waals surface area contributed by atoms with E-state index in [1.165, 1.54) is 12.1 Å². The highest BCUT2D eigenvalue weighted by molar-refractivity contribution is 6.06. The molecule has 2 amide bonds. The normalized spacial score (nSPS) is 25.0. The van der Waals surface area contributed by atoms with Crippen molar-refractivity contribution in [1.29, 1.82) is 0 Å². The van der Waals surface area contributed by atoms with Crippen LogP contribution >= 0.6 is 0 Å². The van der Waals surface area contributed by atoms with Gasteiger partial charge in [-0.3, -0.25) is 14.6 Å². The molecule has 1 aromatic carbocycles. The molecule has 2 aromatic rings. The molecular formula is C21H24FN3O2. The highest BCUT2D eigenvalue weighted by Gasteiger charge is 2.42. The molecule has 4 rings (SSSR count). The van der Waals surface area contributed by atoms with E-state index in [0.29, 0.717) is 34.7 Å². The molecule has 2 fully saturated rings. The number of amides is 2. The summed E-state index contributed by atoms with van der Waals surface area (Å²) in [7, 11) is 3.66. The molecule has 2 heterocycles. The van der Waals surface area contributed by atoms with Gasteiger partial charge in [0.1, 0.15) is 5.82 Å². The van der Waals surface area contributed by atoms with E-state index in [-0.39, 0.29) is 23.7 Å². The van der Waals surface area contributed by atoms with Gasteiger partial charge in [0.25, 0.3) is 5.91 Å². The van der Waals surface area contributed by atoms with Crippen LogP contribution in [0.4, 0.5) is 4.39 Å². The number of hydrogen-bond acceptors (Lipinski definition) is 3. The topological polar surface area (TPSA) is 53.5 Å². The summed E-state index contributed by atoms with van der Waals surface area (Å²) in [6.45, 7) is 2.61. The van der Waals surface area contributed by atoms with Crippen molar-refractivity contribution >= 4 is 22.7 Å². The molecule has 1 aromatic heterocycles. The van der Waals surface area contributed by atoms with Crippen molar-refractivity contribution in [3.05, 3.63) is 41.3 Å². The van der Waals surface area contributed by atoms with Crippen LogP contribution in [0.5, 0.6) is 0 Å². The number of aryl methyl sites for hydroxylation is 1. The van der Waals surface area contributed by atoms with Gasteiger partial charge in [-0.25, -0.2) is 4.39 Å². The Hall–Kier alpha value is -2.50. The lowest BCUT2D eigenvalue weighted by Crippen LogP contribution is -2.40. The van der Waals surface area contributed by atoms with Crippen molar-refractivity contribution in [1.82, 2.24) is 14.8 Å². The lowest BCUT2D eigenvalue weighted by Gasteiger charge is -2.31. The zero-order chi connectivity index (χ0) is 19.3. The van der Waals surface area contributed by atoms with E-state index >= 15 is 0 Å². The van der Waals surface area contributed by atoms with Crippen LogP contribution in [0, 0.1) is 24.6 Å². The largest absolute Gasteiger partial charge is 0.345 e. The van der Waals surface area contributed by atoms with Crippen molar-refractivity contribution < 1.29 is 14.0 Å². The third kappa shape index (κ3) is 3.17. The molecule has 2 aliphatic rings. The molecule has 0 N–H and O–H groups in total. The Labute approximate surface area is 158 Å². The SMILES string of the molecule is Cc1cc(C(=O)N(C)[C@H]2C[C@H]3CC(=O)N(C)C[C@H]3C2)c2cc(F)ccc2n1. The van der Waals surface area contributed by atoms with Crippen molar-refractivity contribution in [2.45, 2.75) is 32.2 Å². The minimum absolute atomic E-state index is 0.101. The summed E-state index contributed by atoms with van der Waals surface area (Å²) >= 11 is 0. The molecule has 3 atom stereocenters. The second kappa shape index (κ2) is 6.59. The second-order valence-electron chi connectivity index (χ2n) is 8.01. The van der Waals surface area contributed by atoms with E-state index in [1.54, 1.807) is 21.9 Å². The van der Waals surface area contributed by atoms with Crippen molar-refractivity contribution in [3.8, 4) is 0 Å². The zero-order valence-electron chi connectivity index (χ0n) is 15.9. The quantitative estimate of drug-likeness (QED) is 0.818. The molecule has 0 spiro atoms. The Kier molecular flexibility index (Phi) is 4.36. The Bertz CT molecular complexity index is 929. The highest BCUT2D eigenvalue weighted by Crippen LogP contribution is 2.40. The molecule has 1 saturated heterocycles. The fourth-order valence-corrected chi connectivity index (χ4v) is 4.67. The van der Waals surface area contributed by atoms with Crippen molar-refractivity contribution in [3.63, 3.8) is 0 Å². The second-order valence-corrected chi connectivity index (χ2v) is 8.01. The average molecular weight is 369 g/mol. The van der Waals surface area contributed by atoms with Crippen LogP contribution in [0.25, 0.3) is 10.9 Å². The fourth-order valence-electron chi connectivity index (χ4n) is 4.67. The van der Waals surface area contributed by atoms with Crippen LogP contribution in [-0.4, -0.2) is 53.3 Å². The Balaban J connectivity index is 1.61. The maximum atomic E-state index is 13.8. The van der Waals surface area contributed by atoms with Crippen LogP contribution < -0.4 is 0 Å². The van der Waals surface area contributed by atoms with E-state index in [9.17, 15) is 14.0 Å². The van der Waals surface area contributed by atoms with E-state index < -0.39 is 0 Å². The van der Waals surface area contributed by atoms with Gasteiger partial charge >= 0.3 is 0 Å². The van der Waals surface area contributed by atoms with E-state index in [0.717, 1.165) is 25.1 Å². The van der Waals surface area contributed by atoms with Gasteiger partial charge < -0.3 is 9.80 Å². The maximum Gasteiger partial charge on any atom is 0.254 e. The first-order valence-electron chi connectivity index (χ1n) is 9.41. The average Bonchev–Trinajstić information content (AvgIpc) is 3.03. The molecule has 1 aliphatic carbocycles. The van der Waals surface area contributed by atoms with Crippen molar-refractivity contribution in [2.24, 2.45) is 11.8 Å². The number of carbonyl (C=O) groups excluding carboxylic acids is 2. The van der Waals surface area contributed by atoms with Crippen LogP contribution in [0.15, 0.2) is 24.3 Å². The van der Waals surface area contributed by atoms with Crippen LogP contribution in [0.1, 0.15) is 35.3 Å². The first kappa shape index (κ1) is 17.9. The van der Waals surface area contributed by atoms with E-state index in [1.807, 2.05) is 21.0 Å². The number of nitrogens with zero attached hydrogens (tertiary/aromatic N) is 3. The maximum absolute atomic E-state index is 13.8. The number of hydrogen-bond donors (Lipinski definition) is 0. The van der Waals surface area contributed by atoms with Crippen LogP contribution in [0.3, 0.4) is 0 Å². The van der Waals surface area contributed by atoms with Gasteiger partial charge in [-0.15, -0.1) is 0 Å². The van der Waals surface area contributed by atoms with Gasteiger partial charge in [0.15, 0.2) is 0 Å². The Morgan fingerprint density at radius 1 is 1.26 bits per heavy atom. The van der Waals surface area contributed by atoms with E-state index in [2.05, 4.69) is 4.98 Å². The predicted molar refractivity (Wildman–Crippen MR) is 101 cm³/mol. The number of aromatic nitrogens is 1. The summed E-state index contributed by atoms with van der Waals surface area (Å²) in [6.07, 6.45) is 2.33. The summed E-state index contributed by atoms with van der Waals surface area (Å²) in [4.78, 5) is 33.2. The van der Waals surface area contributed by atoms with Gasteiger partial charge in [0, 0.05) is 44.2 Å². The Morgan fingerprint density at radius 3 is 2.78 bits per heavy atom. The summed E-state index contributed by atoms with van der Waals surface area (Å²) in [6, 6.07) is 6.19. The molecule has 0 unspecified atom stereocenters. The third-order valence-corrected chi connectivity index (χ3v) is 6.18. The van der Waals surface area contributed by atoms with Crippen LogP contribution in [-0.2, 0) is 4.79 Å². The van der Waals surface area contributed by atoms with Gasteiger partial charge in [-0.1, -0.05) is 0 Å². The number of fused-ring (bicyclic) bond motifs is 2. The number of halogens is 1. The third-order valence-electron chi connectivity index (χ3n) is 6.18. The first-order chi connectivity index (χ1) is 12.8. The van der Waals surface area contributed by atoms with E-state index in [4.69, 9.17) is 0 Å². The van der Waals surface area contributed by atoms with Gasteiger partial charge in [-0.2, -0.15) is 0 Å². The number of likely N-dealkylation sites (tertiary alicyclic amines) is 1. The van der Waals surface area contributed by atoms with Gasteiger partial charge in [-0.05, 0) is 55.9 Å². The number of benzene rings is 1. The van der Waals surface area contributed by atoms with Gasteiger partial charge in [0.2, 0.25) is 5.91 Å². The minimum atomic E-state index is -0.377. The first-order valence-corrected chi connectivity index (χ1v) is 9.41. The Morgan fingerprint density at radius 2 is 2.00 bits per heavy atom. The van der Waals surface area contributed by atoms with Crippen LogP contribution in [0.2, 0.25) is 0 Å². The molecule has 27 heavy (non-hydrogen) atoms. The molecule has 5 nitrogen and oxygen atoms in total. The molecule has 0 radical (unpaired) electrons. The number of piperidine rings is 1.